The van der Waals surface area contributed by atoms with E-state index in [-0.39, 0.29) is 0 Å². The monoisotopic (exact) mass is 294 g/mol. The summed E-state index contributed by atoms with van der Waals surface area (Å²) in [6.07, 6.45) is 0. The minimum absolute atomic E-state index is 1.38. The Labute approximate surface area is 96.0 Å². The van der Waals surface area contributed by atoms with E-state index in [1.165, 1.54) is 25.8 Å². The Bertz CT molecular complexity index is 479. The third-order valence-corrected chi connectivity index (χ3v) is 3.89. The van der Waals surface area contributed by atoms with Gasteiger partial charge in [-0.25, -0.2) is 0 Å². The molecule has 0 heterocycles. The molecule has 0 aliphatic heterocycles. The molecule has 0 bridgehead atoms. The molecular formula is C13H8Te. The van der Waals surface area contributed by atoms with E-state index < -0.39 is 0 Å². The number of fused-ring (bicyclic) bond motifs is 3. The maximum absolute atomic E-state index is 2.20. The van der Waals surface area contributed by atoms with Gasteiger partial charge in [-0.15, -0.1) is 0 Å². The van der Waals surface area contributed by atoms with Crippen LogP contribution < -0.4 is 0 Å². The third kappa shape index (κ3) is 1.03. The molecule has 66 valence electrons. The SMILES string of the molecule is [Te]=C1c2ccccc2-c2ccccc21. The molecule has 0 atom stereocenters. The van der Waals surface area contributed by atoms with E-state index in [4.69, 9.17) is 0 Å². The van der Waals surface area contributed by atoms with E-state index >= 15 is 0 Å². The zero-order valence-corrected chi connectivity index (χ0v) is 9.86. The first-order valence-corrected chi connectivity index (χ1v) is 5.77. The first-order valence-electron chi connectivity index (χ1n) is 4.61. The normalized spacial score (nSPS) is 12.4. The van der Waals surface area contributed by atoms with Gasteiger partial charge < -0.3 is 0 Å². The Hall–Kier alpha value is -0.900. The van der Waals surface area contributed by atoms with Crippen LogP contribution >= 0.6 is 0 Å². The van der Waals surface area contributed by atoms with Gasteiger partial charge in [-0.3, -0.25) is 0 Å². The zero-order valence-electron chi connectivity index (χ0n) is 7.53. The van der Waals surface area contributed by atoms with Crippen LogP contribution in [0.15, 0.2) is 48.5 Å². The predicted molar refractivity (Wildman–Crippen MR) is 60.8 cm³/mol. The van der Waals surface area contributed by atoms with Gasteiger partial charge in [0.15, 0.2) is 0 Å². The molecule has 0 fully saturated rings. The van der Waals surface area contributed by atoms with Crippen molar-refractivity contribution in [1.29, 1.82) is 0 Å². The summed E-state index contributed by atoms with van der Waals surface area (Å²) >= 11 is 2.12. The first-order chi connectivity index (χ1) is 6.88. The molecule has 0 saturated heterocycles. The summed E-state index contributed by atoms with van der Waals surface area (Å²) in [5.41, 5.74) is 5.53. The van der Waals surface area contributed by atoms with Gasteiger partial charge in [0, 0.05) is 0 Å². The van der Waals surface area contributed by atoms with E-state index in [0.717, 1.165) is 0 Å². The second-order valence-corrected chi connectivity index (χ2v) is 4.59. The van der Waals surface area contributed by atoms with E-state index in [9.17, 15) is 0 Å². The van der Waals surface area contributed by atoms with Crippen LogP contribution in [0.1, 0.15) is 11.1 Å². The Balaban J connectivity index is 2.42. The number of benzene rings is 2. The summed E-state index contributed by atoms with van der Waals surface area (Å²) in [4.78, 5) is 0. The van der Waals surface area contributed by atoms with E-state index in [1.54, 1.807) is 0 Å². The average Bonchev–Trinajstić information content (AvgIpc) is 2.55. The molecular weight excluding hydrogens is 284 g/mol. The Morgan fingerprint density at radius 1 is 0.571 bits per heavy atom. The summed E-state index contributed by atoms with van der Waals surface area (Å²) in [7, 11) is 0. The van der Waals surface area contributed by atoms with Crippen molar-refractivity contribution >= 4 is 25.4 Å². The Morgan fingerprint density at radius 3 is 1.36 bits per heavy atom. The Kier molecular flexibility index (Phi) is 1.83. The molecule has 2 aromatic rings. The standard InChI is InChI=1S/C13H8Te/c14-13-11-7-3-1-5-9(11)10-6-2-4-8-12(10)13/h1-8H. The molecule has 1 aliphatic rings. The van der Waals surface area contributed by atoms with Crippen molar-refractivity contribution in [3.63, 3.8) is 0 Å². The minimum atomic E-state index is 1.38. The third-order valence-electron chi connectivity index (χ3n) is 2.63. The van der Waals surface area contributed by atoms with Crippen LogP contribution in [0.4, 0.5) is 0 Å². The number of rotatable bonds is 0. The molecule has 3 rings (SSSR count). The van der Waals surface area contributed by atoms with E-state index in [0.29, 0.717) is 0 Å². The number of hydrogen-bond donors (Lipinski definition) is 0. The fourth-order valence-corrected chi connectivity index (χ4v) is 2.99. The van der Waals surface area contributed by atoms with Gasteiger partial charge in [-0.1, -0.05) is 0 Å². The molecule has 0 unspecified atom stereocenters. The van der Waals surface area contributed by atoms with Crippen LogP contribution in [0.3, 0.4) is 0 Å². The van der Waals surface area contributed by atoms with Crippen LogP contribution in [0.2, 0.25) is 0 Å². The fourth-order valence-electron chi connectivity index (χ4n) is 1.98. The quantitative estimate of drug-likeness (QED) is 0.558. The van der Waals surface area contributed by atoms with Gasteiger partial charge in [0.05, 0.1) is 0 Å². The molecule has 0 saturated carbocycles. The summed E-state index contributed by atoms with van der Waals surface area (Å²) in [6.45, 7) is 0. The van der Waals surface area contributed by atoms with Gasteiger partial charge in [-0.2, -0.15) is 0 Å². The zero-order chi connectivity index (χ0) is 9.54. The molecule has 0 aromatic heterocycles. The van der Waals surface area contributed by atoms with Gasteiger partial charge in [0.2, 0.25) is 0 Å². The first kappa shape index (κ1) is 8.41. The van der Waals surface area contributed by atoms with Crippen LogP contribution in [-0.4, -0.2) is 25.4 Å². The van der Waals surface area contributed by atoms with Crippen LogP contribution in [0.5, 0.6) is 0 Å². The molecule has 0 radical (unpaired) electrons. The Morgan fingerprint density at radius 2 is 0.929 bits per heavy atom. The van der Waals surface area contributed by atoms with Crippen LogP contribution in [0, 0.1) is 0 Å². The van der Waals surface area contributed by atoms with Crippen molar-refractivity contribution in [2.24, 2.45) is 0 Å². The van der Waals surface area contributed by atoms with E-state index in [1.807, 2.05) is 0 Å². The maximum atomic E-state index is 2.20. The fraction of sp³-hybridized carbons (Fsp3) is 0. The molecule has 0 amide bonds. The van der Waals surface area contributed by atoms with Crippen molar-refractivity contribution in [1.82, 2.24) is 0 Å². The van der Waals surface area contributed by atoms with Crippen molar-refractivity contribution in [2.75, 3.05) is 0 Å². The topological polar surface area (TPSA) is 0 Å². The van der Waals surface area contributed by atoms with Gasteiger partial charge in [0.1, 0.15) is 0 Å². The molecule has 1 aliphatic carbocycles. The molecule has 0 N–H and O–H groups in total. The second-order valence-electron chi connectivity index (χ2n) is 3.42. The van der Waals surface area contributed by atoms with Crippen molar-refractivity contribution < 1.29 is 0 Å². The van der Waals surface area contributed by atoms with Gasteiger partial charge >= 0.3 is 96.2 Å². The van der Waals surface area contributed by atoms with Gasteiger partial charge in [-0.05, 0) is 0 Å². The van der Waals surface area contributed by atoms with Crippen molar-refractivity contribution in [3.8, 4) is 11.1 Å². The molecule has 14 heavy (non-hydrogen) atoms. The number of hydrogen-bond acceptors (Lipinski definition) is 0. The molecule has 2 aromatic carbocycles. The molecule has 0 nitrogen and oxygen atoms in total. The van der Waals surface area contributed by atoms with Crippen LogP contribution in [0.25, 0.3) is 11.1 Å². The second kappa shape index (κ2) is 3.05. The average molecular weight is 292 g/mol. The van der Waals surface area contributed by atoms with Crippen molar-refractivity contribution in [3.05, 3.63) is 59.7 Å². The summed E-state index contributed by atoms with van der Waals surface area (Å²) in [5.74, 6) is 0. The summed E-state index contributed by atoms with van der Waals surface area (Å²) in [6, 6.07) is 17.2. The summed E-state index contributed by atoms with van der Waals surface area (Å²) < 4.78 is 1.41. The molecule has 1 heteroatoms. The predicted octanol–water partition coefficient (Wildman–Crippen LogP) is 2.40. The van der Waals surface area contributed by atoms with Crippen molar-refractivity contribution in [2.45, 2.75) is 0 Å². The molecule has 0 spiro atoms. The van der Waals surface area contributed by atoms with E-state index in [2.05, 4.69) is 70.4 Å². The van der Waals surface area contributed by atoms with Crippen LogP contribution in [-0.2, 0) is 0 Å². The summed E-state index contributed by atoms with van der Waals surface area (Å²) in [5, 5.41) is 0. The van der Waals surface area contributed by atoms with Gasteiger partial charge in [0.25, 0.3) is 0 Å².